The first kappa shape index (κ1) is 25.4. The van der Waals surface area contributed by atoms with E-state index in [2.05, 4.69) is 5.32 Å². The number of hydrogen-bond donors (Lipinski definition) is 1. The fourth-order valence-electron chi connectivity index (χ4n) is 5.22. The maximum absolute atomic E-state index is 14.6. The number of carbonyl (C=O) groups excluding carboxylic acids is 1. The number of halogens is 2. The molecule has 1 aliphatic rings. The molecular formula is C31H27F2N5O2. The van der Waals surface area contributed by atoms with E-state index in [1.54, 1.807) is 4.90 Å². The number of amides is 2. The third-order valence-corrected chi connectivity index (χ3v) is 7.01. The highest BCUT2D eigenvalue weighted by atomic mass is 19.1. The topological polar surface area (TPSA) is 64.3 Å². The van der Waals surface area contributed by atoms with Crippen LogP contribution in [0.2, 0.25) is 0 Å². The maximum Gasteiger partial charge on any atom is 0.323 e. The molecule has 2 amide bonds. The number of rotatable bonds is 5. The van der Waals surface area contributed by atoms with Crippen LogP contribution in [-0.2, 0) is 6.54 Å². The molecule has 0 unspecified atom stereocenters. The van der Waals surface area contributed by atoms with Crippen molar-refractivity contribution in [1.82, 2.24) is 19.2 Å². The second-order valence-electron chi connectivity index (χ2n) is 9.53. The summed E-state index contributed by atoms with van der Waals surface area (Å²) in [5, 5.41) is 7.50. The molecule has 1 N–H and O–H groups in total. The van der Waals surface area contributed by atoms with Gasteiger partial charge in [-0.05, 0) is 67.9 Å². The van der Waals surface area contributed by atoms with Crippen molar-refractivity contribution >= 4 is 11.7 Å². The summed E-state index contributed by atoms with van der Waals surface area (Å²) in [6.45, 7) is 4.51. The van der Waals surface area contributed by atoms with E-state index in [1.807, 2.05) is 96.0 Å². The Labute approximate surface area is 230 Å². The number of aryl methyl sites for hydroxylation is 1. The van der Waals surface area contributed by atoms with Crippen LogP contribution >= 0.6 is 0 Å². The monoisotopic (exact) mass is 539 g/mol. The molecule has 3 heterocycles. The van der Waals surface area contributed by atoms with Gasteiger partial charge in [-0.2, -0.15) is 5.10 Å². The van der Waals surface area contributed by atoms with Gasteiger partial charge in [0.1, 0.15) is 23.2 Å². The summed E-state index contributed by atoms with van der Waals surface area (Å²) in [5.41, 5.74) is 4.02. The second-order valence-corrected chi connectivity index (χ2v) is 9.53. The van der Waals surface area contributed by atoms with E-state index in [-0.39, 0.29) is 12.2 Å². The van der Waals surface area contributed by atoms with E-state index in [4.69, 9.17) is 9.84 Å². The molecule has 1 aliphatic heterocycles. The quantitative estimate of drug-likeness (QED) is 0.268. The number of anilines is 1. The SMILES string of the molecule is CCOc1cccc([C@@H]2c3cccn3-c3c(c(C)nn3-c3ccccc3)CN2C(=O)Nc2ccc(F)cc2F)c1. The third kappa shape index (κ3) is 4.49. The van der Waals surface area contributed by atoms with Gasteiger partial charge in [0.25, 0.3) is 0 Å². The lowest BCUT2D eigenvalue weighted by Crippen LogP contribution is -2.38. The van der Waals surface area contributed by atoms with Gasteiger partial charge in [0, 0.05) is 17.8 Å². The Bertz CT molecular complexity index is 1700. The molecule has 0 saturated heterocycles. The number of para-hydroxylation sites is 1. The first-order valence-corrected chi connectivity index (χ1v) is 13.0. The average Bonchev–Trinajstić information content (AvgIpc) is 3.51. The van der Waals surface area contributed by atoms with Crippen LogP contribution in [0.1, 0.15) is 35.5 Å². The van der Waals surface area contributed by atoms with Crippen LogP contribution in [0.15, 0.2) is 91.1 Å². The highest BCUT2D eigenvalue weighted by Gasteiger charge is 2.36. The molecule has 202 valence electrons. The van der Waals surface area contributed by atoms with Gasteiger partial charge in [0.2, 0.25) is 0 Å². The Hall–Kier alpha value is -4.92. The van der Waals surface area contributed by atoms with Crippen molar-refractivity contribution in [1.29, 1.82) is 0 Å². The lowest BCUT2D eigenvalue weighted by molar-refractivity contribution is 0.194. The van der Waals surface area contributed by atoms with Crippen molar-refractivity contribution in [3.05, 3.63) is 125 Å². The Morgan fingerprint density at radius 2 is 1.85 bits per heavy atom. The number of fused-ring (bicyclic) bond motifs is 3. The van der Waals surface area contributed by atoms with Gasteiger partial charge in [-0.3, -0.25) is 0 Å². The minimum atomic E-state index is -0.852. The zero-order valence-corrected chi connectivity index (χ0v) is 22.0. The first-order chi connectivity index (χ1) is 19.4. The number of urea groups is 1. The summed E-state index contributed by atoms with van der Waals surface area (Å²) < 4.78 is 37.9. The minimum Gasteiger partial charge on any atom is -0.494 e. The van der Waals surface area contributed by atoms with Gasteiger partial charge in [-0.1, -0.05) is 30.3 Å². The molecule has 9 heteroatoms. The number of ether oxygens (including phenoxy) is 1. The van der Waals surface area contributed by atoms with Gasteiger partial charge in [0.15, 0.2) is 0 Å². The molecular weight excluding hydrogens is 512 g/mol. The highest BCUT2D eigenvalue weighted by molar-refractivity contribution is 5.90. The normalized spacial score (nSPS) is 14.3. The number of nitrogens with one attached hydrogen (secondary N) is 1. The van der Waals surface area contributed by atoms with Gasteiger partial charge in [0.05, 0.1) is 42.0 Å². The lowest BCUT2D eigenvalue weighted by Gasteiger charge is -2.31. The Morgan fingerprint density at radius 3 is 2.62 bits per heavy atom. The highest BCUT2D eigenvalue weighted by Crippen LogP contribution is 2.39. The standard InChI is InChI=1S/C31H27F2N5O2/c1-3-40-24-12-7-9-21(17-24)29-28-13-8-16-36(28)30-25(20(2)35-38(30)23-10-5-4-6-11-23)19-37(29)31(39)34-27-15-14-22(32)18-26(27)33/h4-18,29H,3,19H2,1-2H3,(H,34,39)/t29-/m1/s1. The van der Waals surface area contributed by atoms with E-state index in [0.717, 1.165) is 46.2 Å². The van der Waals surface area contributed by atoms with E-state index >= 15 is 0 Å². The number of aromatic nitrogens is 3. The van der Waals surface area contributed by atoms with Crippen molar-refractivity contribution in [3.63, 3.8) is 0 Å². The summed E-state index contributed by atoms with van der Waals surface area (Å²) >= 11 is 0. The third-order valence-electron chi connectivity index (χ3n) is 7.01. The van der Waals surface area contributed by atoms with Crippen molar-refractivity contribution in [3.8, 4) is 17.3 Å². The van der Waals surface area contributed by atoms with Crippen molar-refractivity contribution in [2.45, 2.75) is 26.4 Å². The molecule has 0 aliphatic carbocycles. The van der Waals surface area contributed by atoms with Crippen molar-refractivity contribution < 1.29 is 18.3 Å². The van der Waals surface area contributed by atoms with E-state index < -0.39 is 23.7 Å². The van der Waals surface area contributed by atoms with E-state index in [1.165, 1.54) is 6.07 Å². The van der Waals surface area contributed by atoms with Crippen LogP contribution < -0.4 is 10.1 Å². The summed E-state index contributed by atoms with van der Waals surface area (Å²) in [5.74, 6) is -0.0770. The Morgan fingerprint density at radius 1 is 1.02 bits per heavy atom. The van der Waals surface area contributed by atoms with Gasteiger partial charge < -0.3 is 19.5 Å². The van der Waals surface area contributed by atoms with Crippen molar-refractivity contribution in [2.24, 2.45) is 0 Å². The molecule has 2 aromatic heterocycles. The predicted molar refractivity (Wildman–Crippen MR) is 148 cm³/mol. The van der Waals surface area contributed by atoms with Crippen LogP contribution in [0.5, 0.6) is 5.75 Å². The molecule has 3 aromatic carbocycles. The second kappa shape index (κ2) is 10.3. The first-order valence-electron chi connectivity index (χ1n) is 13.0. The van der Waals surface area contributed by atoms with Gasteiger partial charge in [-0.25, -0.2) is 18.3 Å². The fraction of sp³-hybridized carbons (Fsp3) is 0.161. The van der Waals surface area contributed by atoms with E-state index in [9.17, 15) is 13.6 Å². The molecule has 5 aromatic rings. The summed E-state index contributed by atoms with van der Waals surface area (Å²) in [4.78, 5) is 15.6. The van der Waals surface area contributed by atoms with E-state index in [0.29, 0.717) is 12.4 Å². The number of nitrogens with zero attached hydrogens (tertiary/aromatic N) is 4. The zero-order valence-electron chi connectivity index (χ0n) is 22.0. The summed E-state index contributed by atoms with van der Waals surface area (Å²) in [6, 6.07) is 23.3. The molecule has 0 spiro atoms. The molecule has 0 radical (unpaired) electrons. The van der Waals surface area contributed by atoms with Gasteiger partial charge in [-0.15, -0.1) is 0 Å². The molecule has 1 atom stereocenters. The van der Waals surface area contributed by atoms with Crippen LogP contribution in [0.4, 0.5) is 19.3 Å². The number of hydrogen-bond acceptors (Lipinski definition) is 3. The Kier molecular flexibility index (Phi) is 6.55. The maximum atomic E-state index is 14.6. The molecule has 6 rings (SSSR count). The zero-order chi connectivity index (χ0) is 27.8. The molecule has 40 heavy (non-hydrogen) atoms. The molecule has 0 bridgehead atoms. The van der Waals surface area contributed by atoms with Crippen LogP contribution in [0.3, 0.4) is 0 Å². The largest absolute Gasteiger partial charge is 0.494 e. The van der Waals surface area contributed by atoms with Crippen LogP contribution in [-0.4, -0.2) is 31.9 Å². The smallest absolute Gasteiger partial charge is 0.323 e. The van der Waals surface area contributed by atoms with Crippen LogP contribution in [0.25, 0.3) is 11.5 Å². The Balaban J connectivity index is 1.53. The summed E-state index contributed by atoms with van der Waals surface area (Å²) in [6.07, 6.45) is 1.95. The summed E-state index contributed by atoms with van der Waals surface area (Å²) in [7, 11) is 0. The molecule has 0 fully saturated rings. The minimum absolute atomic E-state index is 0.107. The number of benzene rings is 3. The van der Waals surface area contributed by atoms with Gasteiger partial charge >= 0.3 is 6.03 Å². The van der Waals surface area contributed by atoms with Crippen molar-refractivity contribution in [2.75, 3.05) is 11.9 Å². The lowest BCUT2D eigenvalue weighted by atomic mass is 10.0. The average molecular weight is 540 g/mol. The number of carbonyl (C=O) groups is 1. The van der Waals surface area contributed by atoms with Crippen LogP contribution in [0, 0.1) is 18.6 Å². The predicted octanol–water partition coefficient (Wildman–Crippen LogP) is 6.79. The molecule has 0 saturated carbocycles. The fourth-order valence-corrected chi connectivity index (χ4v) is 5.22. The molecule has 7 nitrogen and oxygen atoms in total.